The predicted octanol–water partition coefficient (Wildman–Crippen LogP) is 2.93. The van der Waals surface area contributed by atoms with Crippen molar-refractivity contribution < 1.29 is 14.3 Å². The molecule has 5 nitrogen and oxygen atoms in total. The largest absolute Gasteiger partial charge is 0.491 e. The second-order valence-electron chi connectivity index (χ2n) is 6.40. The van der Waals surface area contributed by atoms with Gasteiger partial charge in [-0.1, -0.05) is 0 Å². The molecule has 0 atom stereocenters. The molecule has 3 heterocycles. The molecule has 25 heavy (non-hydrogen) atoms. The zero-order chi connectivity index (χ0) is 17.2. The highest BCUT2D eigenvalue weighted by molar-refractivity contribution is 7.12. The number of rotatable bonds is 2. The average molecular weight is 358 g/mol. The first kappa shape index (κ1) is 16.4. The van der Waals surface area contributed by atoms with Crippen LogP contribution in [0.3, 0.4) is 0 Å². The highest BCUT2D eigenvalue weighted by Crippen LogP contribution is 2.30. The Balaban J connectivity index is 1.58. The number of fused-ring (bicyclic) bond motifs is 1. The summed E-state index contributed by atoms with van der Waals surface area (Å²) in [6.45, 7) is 7.03. The average Bonchev–Trinajstić information content (AvgIpc) is 2.96. The molecular weight excluding hydrogens is 336 g/mol. The molecule has 0 unspecified atom stereocenters. The minimum atomic E-state index is 0.0979. The van der Waals surface area contributed by atoms with Gasteiger partial charge in [0.2, 0.25) is 0 Å². The quantitative estimate of drug-likeness (QED) is 0.828. The van der Waals surface area contributed by atoms with Gasteiger partial charge in [-0.3, -0.25) is 4.79 Å². The van der Waals surface area contributed by atoms with E-state index in [0.717, 1.165) is 48.1 Å². The number of carbonyl (C=O) groups excluding carboxylic acids is 1. The molecular formula is C19H22N2O3S. The van der Waals surface area contributed by atoms with E-state index in [1.807, 2.05) is 29.3 Å². The lowest BCUT2D eigenvalue weighted by atomic mass is 10.1. The Morgan fingerprint density at radius 2 is 1.96 bits per heavy atom. The van der Waals surface area contributed by atoms with Gasteiger partial charge in [-0.25, -0.2) is 0 Å². The summed E-state index contributed by atoms with van der Waals surface area (Å²) in [5.74, 6) is 0.982. The van der Waals surface area contributed by atoms with Crippen LogP contribution in [0.1, 0.15) is 20.8 Å². The first-order valence-corrected chi connectivity index (χ1v) is 9.52. The van der Waals surface area contributed by atoms with E-state index in [9.17, 15) is 4.79 Å². The maximum atomic E-state index is 12.9. The number of thiophene rings is 1. The molecule has 1 saturated heterocycles. The van der Waals surface area contributed by atoms with Gasteiger partial charge in [-0.05, 0) is 42.1 Å². The molecule has 0 radical (unpaired) electrons. The maximum absolute atomic E-state index is 12.9. The number of aryl methyl sites for hydroxylation is 1. The van der Waals surface area contributed by atoms with E-state index >= 15 is 0 Å². The molecule has 0 saturated carbocycles. The molecule has 6 heteroatoms. The fourth-order valence-electron chi connectivity index (χ4n) is 3.31. The third kappa shape index (κ3) is 3.37. The number of anilines is 1. The van der Waals surface area contributed by atoms with Crippen molar-refractivity contribution in [2.75, 3.05) is 44.4 Å². The molecule has 0 spiro atoms. The number of nitrogens with zero attached hydrogens (tertiary/aromatic N) is 2. The molecule has 2 aromatic rings. The molecule has 1 aromatic heterocycles. The first-order valence-electron chi connectivity index (χ1n) is 8.64. The van der Waals surface area contributed by atoms with Gasteiger partial charge in [0.25, 0.3) is 5.91 Å². The second kappa shape index (κ2) is 7.06. The lowest BCUT2D eigenvalue weighted by Gasteiger charge is -2.29. The van der Waals surface area contributed by atoms with Crippen LogP contribution in [0, 0.1) is 6.92 Å². The Hall–Kier alpha value is -2.05. The van der Waals surface area contributed by atoms with Gasteiger partial charge >= 0.3 is 0 Å². The highest BCUT2D eigenvalue weighted by atomic mass is 32.1. The van der Waals surface area contributed by atoms with Crippen molar-refractivity contribution in [2.45, 2.75) is 13.5 Å². The van der Waals surface area contributed by atoms with Crippen molar-refractivity contribution in [3.05, 3.63) is 45.6 Å². The predicted molar refractivity (Wildman–Crippen MR) is 98.8 cm³/mol. The third-order valence-corrected chi connectivity index (χ3v) is 5.75. The van der Waals surface area contributed by atoms with Gasteiger partial charge < -0.3 is 19.3 Å². The van der Waals surface area contributed by atoms with Crippen molar-refractivity contribution in [1.29, 1.82) is 0 Å². The van der Waals surface area contributed by atoms with Crippen molar-refractivity contribution in [2.24, 2.45) is 0 Å². The van der Waals surface area contributed by atoms with Crippen LogP contribution < -0.4 is 9.64 Å². The molecule has 0 N–H and O–H groups in total. The molecule has 0 aliphatic carbocycles. The molecule has 2 aliphatic rings. The van der Waals surface area contributed by atoms with Crippen LogP contribution in [0.4, 0.5) is 5.69 Å². The number of amides is 1. The van der Waals surface area contributed by atoms with Crippen LogP contribution in [-0.4, -0.2) is 50.3 Å². The maximum Gasteiger partial charge on any atom is 0.264 e. The summed E-state index contributed by atoms with van der Waals surface area (Å²) < 4.78 is 11.3. The van der Waals surface area contributed by atoms with E-state index in [4.69, 9.17) is 9.47 Å². The Morgan fingerprint density at radius 3 is 2.72 bits per heavy atom. The lowest BCUT2D eigenvalue weighted by molar-refractivity contribution is 0.0737. The number of morpholine rings is 1. The fraction of sp³-hybridized carbons (Fsp3) is 0.421. The summed E-state index contributed by atoms with van der Waals surface area (Å²) in [4.78, 5) is 17.9. The van der Waals surface area contributed by atoms with E-state index in [0.29, 0.717) is 19.7 Å². The number of hydrogen-bond acceptors (Lipinski definition) is 5. The summed E-state index contributed by atoms with van der Waals surface area (Å²) >= 11 is 1.51. The Morgan fingerprint density at radius 1 is 1.12 bits per heavy atom. The van der Waals surface area contributed by atoms with E-state index in [1.54, 1.807) is 0 Å². The van der Waals surface area contributed by atoms with Crippen LogP contribution in [0.25, 0.3) is 0 Å². The number of ether oxygens (including phenoxy) is 2. The van der Waals surface area contributed by atoms with Crippen molar-refractivity contribution in [3.8, 4) is 5.75 Å². The van der Waals surface area contributed by atoms with E-state index in [2.05, 4.69) is 17.0 Å². The van der Waals surface area contributed by atoms with Gasteiger partial charge in [0.1, 0.15) is 12.4 Å². The summed E-state index contributed by atoms with van der Waals surface area (Å²) in [6, 6.07) is 8.29. The molecule has 1 aromatic carbocycles. The van der Waals surface area contributed by atoms with E-state index in [1.165, 1.54) is 17.0 Å². The topological polar surface area (TPSA) is 42.0 Å². The molecule has 0 bridgehead atoms. The van der Waals surface area contributed by atoms with Gasteiger partial charge in [0.05, 0.1) is 24.6 Å². The Bertz CT molecular complexity index is 768. The van der Waals surface area contributed by atoms with Crippen LogP contribution in [0.2, 0.25) is 0 Å². The zero-order valence-electron chi connectivity index (χ0n) is 14.4. The first-order chi connectivity index (χ1) is 12.2. The zero-order valence-corrected chi connectivity index (χ0v) is 15.2. The minimum Gasteiger partial charge on any atom is -0.491 e. The van der Waals surface area contributed by atoms with Crippen LogP contribution in [0.15, 0.2) is 29.6 Å². The van der Waals surface area contributed by atoms with Crippen LogP contribution >= 0.6 is 11.3 Å². The SMILES string of the molecule is Cc1ccsc1C(=O)N1CCOc2ccc(N3CCOCC3)cc2C1. The number of carbonyl (C=O) groups is 1. The van der Waals surface area contributed by atoms with E-state index < -0.39 is 0 Å². The monoisotopic (exact) mass is 358 g/mol. The van der Waals surface area contributed by atoms with Crippen molar-refractivity contribution in [1.82, 2.24) is 4.90 Å². The standard InChI is InChI=1S/C19H22N2O3S/c1-14-4-11-25-18(14)19(22)21-7-10-24-17-3-2-16(12-15(17)13-21)20-5-8-23-9-6-20/h2-4,11-12H,5-10,13H2,1H3. The summed E-state index contributed by atoms with van der Waals surface area (Å²) in [7, 11) is 0. The van der Waals surface area contributed by atoms with Crippen LogP contribution in [-0.2, 0) is 11.3 Å². The second-order valence-corrected chi connectivity index (χ2v) is 7.32. The normalized spacial score (nSPS) is 17.6. The van der Waals surface area contributed by atoms with Crippen molar-refractivity contribution >= 4 is 22.9 Å². The minimum absolute atomic E-state index is 0.0979. The summed E-state index contributed by atoms with van der Waals surface area (Å²) in [5.41, 5.74) is 3.29. The number of hydrogen-bond donors (Lipinski definition) is 0. The molecule has 2 aliphatic heterocycles. The van der Waals surface area contributed by atoms with Gasteiger partial charge in [0.15, 0.2) is 0 Å². The lowest BCUT2D eigenvalue weighted by Crippen LogP contribution is -2.36. The van der Waals surface area contributed by atoms with Gasteiger partial charge in [0, 0.05) is 30.9 Å². The fourth-order valence-corrected chi connectivity index (χ4v) is 4.20. The molecule has 1 fully saturated rings. The van der Waals surface area contributed by atoms with E-state index in [-0.39, 0.29) is 5.91 Å². The smallest absolute Gasteiger partial charge is 0.264 e. The van der Waals surface area contributed by atoms with Crippen LogP contribution in [0.5, 0.6) is 5.75 Å². The highest BCUT2D eigenvalue weighted by Gasteiger charge is 2.24. The Labute approximate surface area is 151 Å². The third-order valence-electron chi connectivity index (χ3n) is 4.74. The Kier molecular flexibility index (Phi) is 4.63. The summed E-state index contributed by atoms with van der Waals surface area (Å²) in [5, 5.41) is 1.97. The molecule has 132 valence electrons. The van der Waals surface area contributed by atoms with Gasteiger partial charge in [-0.2, -0.15) is 0 Å². The summed E-state index contributed by atoms with van der Waals surface area (Å²) in [6.07, 6.45) is 0. The molecule has 1 amide bonds. The van der Waals surface area contributed by atoms with Gasteiger partial charge in [-0.15, -0.1) is 11.3 Å². The number of benzene rings is 1. The van der Waals surface area contributed by atoms with Crippen molar-refractivity contribution in [3.63, 3.8) is 0 Å². The molecule has 4 rings (SSSR count).